The Morgan fingerprint density at radius 3 is 2.35 bits per heavy atom. The third kappa shape index (κ3) is 6.13. The Labute approximate surface area is 204 Å². The van der Waals surface area contributed by atoms with Crippen LogP contribution >= 0.6 is 0 Å². The Bertz CT molecular complexity index is 722. The number of carbonyl (C=O) groups is 1. The van der Waals surface area contributed by atoms with Gasteiger partial charge in [-0.2, -0.15) is 19.6 Å². The van der Waals surface area contributed by atoms with Crippen LogP contribution in [0.2, 0.25) is 0 Å². The number of rotatable bonds is 6. The predicted octanol–water partition coefficient (Wildman–Crippen LogP) is 5.14. The minimum Gasteiger partial charge on any atom is -0.444 e. The summed E-state index contributed by atoms with van der Waals surface area (Å²) in [5.74, 6) is -0.663. The third-order valence-corrected chi connectivity index (χ3v) is 7.70. The topological polar surface area (TPSA) is 87.3 Å². The SMILES string of the molecule is CC1C=C2CC(C2)CC(C)C12OOC1(CCC(NCCCCNC(=O)OC(C)(C)C)CC1)OO2. The second kappa shape index (κ2) is 10.4. The molecule has 2 saturated carbocycles. The first-order valence-electron chi connectivity index (χ1n) is 13.2. The Kier molecular flexibility index (Phi) is 7.94. The minimum absolute atomic E-state index is 0.0823. The van der Waals surface area contributed by atoms with Crippen LogP contribution in [0.3, 0.4) is 0 Å². The molecule has 2 unspecified atom stereocenters. The lowest BCUT2D eigenvalue weighted by Crippen LogP contribution is -2.59. The van der Waals surface area contributed by atoms with E-state index in [0.717, 1.165) is 57.4 Å². The largest absolute Gasteiger partial charge is 0.444 e. The highest BCUT2D eigenvalue weighted by Crippen LogP contribution is 2.51. The van der Waals surface area contributed by atoms with Crippen molar-refractivity contribution in [2.24, 2.45) is 17.8 Å². The summed E-state index contributed by atoms with van der Waals surface area (Å²) in [5, 5.41) is 6.43. The van der Waals surface area contributed by atoms with E-state index in [9.17, 15) is 4.79 Å². The number of hydrogen-bond donors (Lipinski definition) is 2. The first kappa shape index (κ1) is 25.9. The molecular formula is C26H44N2O6. The number of carbonyl (C=O) groups excluding carboxylic acids is 1. The number of fused-ring (bicyclic) bond motifs is 2. The molecule has 2 N–H and O–H groups in total. The number of allylic oxidation sites excluding steroid dienone is 1. The highest BCUT2D eigenvalue weighted by Gasteiger charge is 2.56. The van der Waals surface area contributed by atoms with Crippen LogP contribution in [0, 0.1) is 17.8 Å². The lowest BCUT2D eigenvalue weighted by Gasteiger charge is -2.51. The Balaban J connectivity index is 1.14. The molecule has 34 heavy (non-hydrogen) atoms. The number of ether oxygens (including phenoxy) is 1. The lowest BCUT2D eigenvalue weighted by molar-refractivity contribution is -0.672. The van der Waals surface area contributed by atoms with Gasteiger partial charge in [-0.1, -0.05) is 25.5 Å². The van der Waals surface area contributed by atoms with E-state index in [1.54, 1.807) is 0 Å². The normalized spacial score (nSPS) is 38.0. The molecule has 194 valence electrons. The smallest absolute Gasteiger partial charge is 0.407 e. The fourth-order valence-electron chi connectivity index (χ4n) is 5.68. The summed E-state index contributed by atoms with van der Waals surface area (Å²) in [4.78, 5) is 35.8. The van der Waals surface area contributed by atoms with Crippen LogP contribution in [-0.2, 0) is 24.3 Å². The molecule has 8 nitrogen and oxygen atoms in total. The van der Waals surface area contributed by atoms with Gasteiger partial charge >= 0.3 is 6.09 Å². The first-order chi connectivity index (χ1) is 16.1. The van der Waals surface area contributed by atoms with E-state index >= 15 is 0 Å². The number of alkyl carbamates (subject to hydrolysis) is 1. The van der Waals surface area contributed by atoms with Gasteiger partial charge in [-0.3, -0.25) is 0 Å². The second-order valence-electron chi connectivity index (χ2n) is 11.9. The summed E-state index contributed by atoms with van der Waals surface area (Å²) < 4.78 is 5.25. The Hall–Kier alpha value is -1.19. The third-order valence-electron chi connectivity index (χ3n) is 7.70. The van der Waals surface area contributed by atoms with Crippen molar-refractivity contribution < 1.29 is 29.1 Å². The molecule has 0 aromatic carbocycles. The second-order valence-corrected chi connectivity index (χ2v) is 11.9. The van der Waals surface area contributed by atoms with Gasteiger partial charge in [-0.15, -0.1) is 0 Å². The van der Waals surface area contributed by atoms with Gasteiger partial charge in [0.05, 0.1) is 0 Å². The van der Waals surface area contributed by atoms with Crippen molar-refractivity contribution in [2.45, 2.75) is 116 Å². The maximum atomic E-state index is 11.7. The summed E-state index contributed by atoms with van der Waals surface area (Å²) >= 11 is 0. The summed E-state index contributed by atoms with van der Waals surface area (Å²) in [6.07, 6.45) is 10.7. The van der Waals surface area contributed by atoms with Crippen molar-refractivity contribution in [2.75, 3.05) is 13.1 Å². The number of nitrogens with one attached hydrogen (secondary N) is 2. The number of hydrogen-bond acceptors (Lipinski definition) is 7. The van der Waals surface area contributed by atoms with Crippen LogP contribution in [0.5, 0.6) is 0 Å². The molecule has 1 amide bonds. The lowest BCUT2D eigenvalue weighted by atomic mass is 9.68. The fourth-order valence-corrected chi connectivity index (χ4v) is 5.68. The van der Waals surface area contributed by atoms with Crippen LogP contribution in [0.1, 0.15) is 92.4 Å². The van der Waals surface area contributed by atoms with Gasteiger partial charge in [0, 0.05) is 37.3 Å². The van der Waals surface area contributed by atoms with Crippen LogP contribution in [0.25, 0.3) is 0 Å². The van der Waals surface area contributed by atoms with E-state index < -0.39 is 17.2 Å². The molecule has 0 aromatic rings. The molecular weight excluding hydrogens is 436 g/mol. The zero-order chi connectivity index (χ0) is 24.4. The van der Waals surface area contributed by atoms with Gasteiger partial charge in [0.15, 0.2) is 0 Å². The summed E-state index contributed by atoms with van der Waals surface area (Å²) in [6, 6.07) is 0.420. The summed E-state index contributed by atoms with van der Waals surface area (Å²) in [7, 11) is 0. The Morgan fingerprint density at radius 2 is 1.71 bits per heavy atom. The van der Waals surface area contributed by atoms with E-state index in [1.165, 1.54) is 18.4 Å². The fraction of sp³-hybridized carbons (Fsp3) is 0.885. The van der Waals surface area contributed by atoms with Crippen LogP contribution in [-0.4, -0.2) is 42.4 Å². The quantitative estimate of drug-likeness (QED) is 0.309. The molecule has 0 aromatic heterocycles. The molecule has 8 heteroatoms. The monoisotopic (exact) mass is 480 g/mol. The van der Waals surface area contributed by atoms with Gasteiger partial charge in [0.25, 0.3) is 0 Å². The van der Waals surface area contributed by atoms with Crippen LogP contribution in [0.15, 0.2) is 11.6 Å². The minimum atomic E-state index is -0.863. The molecule has 1 aliphatic heterocycles. The number of unbranched alkanes of at least 4 members (excludes halogenated alkanes) is 1. The van der Waals surface area contributed by atoms with Crippen LogP contribution in [0.4, 0.5) is 4.79 Å². The summed E-state index contributed by atoms with van der Waals surface area (Å²) in [5.41, 5.74) is 1.04. The van der Waals surface area contributed by atoms with Gasteiger partial charge in [-0.05, 0) is 78.2 Å². The van der Waals surface area contributed by atoms with Crippen molar-refractivity contribution in [3.8, 4) is 0 Å². The molecule has 3 fully saturated rings. The van der Waals surface area contributed by atoms with Crippen LogP contribution < -0.4 is 10.6 Å². The van der Waals surface area contributed by atoms with Gasteiger partial charge in [0.2, 0.25) is 11.6 Å². The van der Waals surface area contributed by atoms with E-state index in [2.05, 4.69) is 30.6 Å². The average molecular weight is 481 g/mol. The highest BCUT2D eigenvalue weighted by molar-refractivity contribution is 5.67. The van der Waals surface area contributed by atoms with Gasteiger partial charge in [0.1, 0.15) is 5.60 Å². The first-order valence-corrected chi connectivity index (χ1v) is 13.2. The molecule has 1 saturated heterocycles. The van der Waals surface area contributed by atoms with Crippen molar-refractivity contribution >= 4 is 6.09 Å². The molecule has 1 heterocycles. The van der Waals surface area contributed by atoms with E-state index in [4.69, 9.17) is 24.3 Å². The molecule has 2 spiro atoms. The average Bonchev–Trinajstić information content (AvgIpc) is 2.74. The van der Waals surface area contributed by atoms with Crippen molar-refractivity contribution in [3.63, 3.8) is 0 Å². The van der Waals surface area contributed by atoms with Gasteiger partial charge < -0.3 is 15.4 Å². The van der Waals surface area contributed by atoms with E-state index in [-0.39, 0.29) is 17.9 Å². The zero-order valence-electron chi connectivity index (χ0n) is 21.6. The molecule has 2 bridgehead atoms. The molecule has 2 atom stereocenters. The van der Waals surface area contributed by atoms with E-state index in [0.29, 0.717) is 12.6 Å². The predicted molar refractivity (Wildman–Crippen MR) is 127 cm³/mol. The maximum Gasteiger partial charge on any atom is 0.407 e. The number of amides is 1. The highest BCUT2D eigenvalue weighted by atomic mass is 17.4. The Morgan fingerprint density at radius 1 is 1.06 bits per heavy atom. The standard InChI is InChI=1S/C26H44N2O6/c1-18-14-20-16-21(17-20)15-19(2)26(18)33-31-25(32-34-26)10-8-22(9-11-25)27-12-6-7-13-28-23(29)30-24(3,4)5/h14,18-19,21-22,27H,6-13,15-17H2,1-5H3,(H,28,29). The van der Waals surface area contributed by atoms with Crippen molar-refractivity contribution in [1.29, 1.82) is 0 Å². The van der Waals surface area contributed by atoms with Crippen molar-refractivity contribution in [3.05, 3.63) is 11.6 Å². The molecule has 4 aliphatic carbocycles. The maximum absolute atomic E-state index is 11.7. The van der Waals surface area contributed by atoms with Crippen molar-refractivity contribution in [1.82, 2.24) is 10.6 Å². The molecule has 0 radical (unpaired) electrons. The summed E-state index contributed by atoms with van der Waals surface area (Å²) in [6.45, 7) is 11.4. The molecule has 5 rings (SSSR count). The zero-order valence-corrected chi connectivity index (χ0v) is 21.6. The molecule has 5 aliphatic rings. The van der Waals surface area contributed by atoms with E-state index in [1.807, 2.05) is 20.8 Å². The van der Waals surface area contributed by atoms with Gasteiger partial charge in [-0.25, -0.2) is 4.79 Å².